The van der Waals surface area contributed by atoms with E-state index in [9.17, 15) is 22.4 Å². The number of rotatable bonds is 6. The number of halogens is 4. The van der Waals surface area contributed by atoms with Crippen molar-refractivity contribution in [2.45, 2.75) is 19.3 Å². The lowest BCUT2D eigenvalue weighted by molar-refractivity contribution is -0.274. The van der Waals surface area contributed by atoms with Crippen LogP contribution in [0.3, 0.4) is 0 Å². The zero-order valence-corrected chi connectivity index (χ0v) is 11.0. The number of alkyl halides is 3. The van der Waals surface area contributed by atoms with E-state index < -0.39 is 18.2 Å². The smallest absolute Gasteiger partial charge is 0.406 e. The molecule has 0 atom stereocenters. The Labute approximate surface area is 118 Å². The van der Waals surface area contributed by atoms with Crippen molar-refractivity contribution in [2.24, 2.45) is 0 Å². The van der Waals surface area contributed by atoms with Gasteiger partial charge >= 0.3 is 12.4 Å². The Morgan fingerprint density at radius 3 is 2.62 bits per heavy atom. The molecule has 4 nitrogen and oxygen atoms in total. The number of carbonyl (C=O) groups is 1. The van der Waals surface area contributed by atoms with Gasteiger partial charge in [-0.3, -0.25) is 0 Å². The van der Waals surface area contributed by atoms with Gasteiger partial charge in [-0.2, -0.15) is 0 Å². The third-order valence-corrected chi connectivity index (χ3v) is 2.27. The van der Waals surface area contributed by atoms with Crippen molar-refractivity contribution in [1.82, 2.24) is 10.6 Å². The number of nitrogens with one attached hydrogen (secondary N) is 2. The van der Waals surface area contributed by atoms with Crippen molar-refractivity contribution in [3.63, 3.8) is 0 Å². The number of ether oxygens (including phenoxy) is 1. The Kier molecular flexibility index (Phi) is 6.01. The zero-order chi connectivity index (χ0) is 15.9. The van der Waals surface area contributed by atoms with Crippen LogP contribution < -0.4 is 15.4 Å². The molecular formula is C13H14F4N2O2. The second-order valence-corrected chi connectivity index (χ2v) is 4.07. The predicted octanol–water partition coefficient (Wildman–Crippen LogP) is 3.26. The van der Waals surface area contributed by atoms with Crippen molar-refractivity contribution in [3.8, 4) is 5.75 Å². The van der Waals surface area contributed by atoms with Gasteiger partial charge in [0.05, 0.1) is 5.83 Å². The van der Waals surface area contributed by atoms with Crippen molar-refractivity contribution in [1.29, 1.82) is 0 Å². The molecular weight excluding hydrogens is 292 g/mol. The first kappa shape index (κ1) is 16.8. The molecule has 0 aliphatic carbocycles. The molecule has 0 bridgehead atoms. The van der Waals surface area contributed by atoms with Gasteiger partial charge in [0.1, 0.15) is 5.75 Å². The molecule has 0 aromatic heterocycles. The Morgan fingerprint density at radius 1 is 1.29 bits per heavy atom. The Hall–Kier alpha value is -2.25. The van der Waals surface area contributed by atoms with E-state index in [0.29, 0.717) is 5.56 Å². The first-order valence-corrected chi connectivity index (χ1v) is 5.96. The lowest BCUT2D eigenvalue weighted by Gasteiger charge is -2.11. The quantitative estimate of drug-likeness (QED) is 0.793. The number of hydrogen-bond acceptors (Lipinski definition) is 2. The lowest BCUT2D eigenvalue weighted by atomic mass is 10.2. The van der Waals surface area contributed by atoms with Gasteiger partial charge in [0.2, 0.25) is 0 Å². The van der Waals surface area contributed by atoms with E-state index in [1.165, 1.54) is 12.1 Å². The van der Waals surface area contributed by atoms with E-state index in [1.54, 1.807) is 0 Å². The van der Waals surface area contributed by atoms with Crippen LogP contribution in [0.2, 0.25) is 0 Å². The molecule has 0 fully saturated rings. The van der Waals surface area contributed by atoms with Crippen LogP contribution in [0.15, 0.2) is 36.7 Å². The van der Waals surface area contributed by atoms with Gasteiger partial charge in [0.25, 0.3) is 0 Å². The van der Waals surface area contributed by atoms with Crippen LogP contribution in [-0.2, 0) is 6.54 Å². The van der Waals surface area contributed by atoms with Crippen LogP contribution in [0, 0.1) is 0 Å². The minimum Gasteiger partial charge on any atom is -0.406 e. The SMILES string of the molecule is C=C(F)CCNC(=O)NCc1cccc(OC(F)(F)F)c1. The summed E-state index contributed by atoms with van der Waals surface area (Å²) >= 11 is 0. The molecule has 2 amide bonds. The minimum absolute atomic E-state index is 0.00231. The second-order valence-electron chi connectivity index (χ2n) is 4.07. The molecule has 1 aromatic carbocycles. The number of urea groups is 1. The summed E-state index contributed by atoms with van der Waals surface area (Å²) in [4.78, 5) is 11.3. The highest BCUT2D eigenvalue weighted by molar-refractivity contribution is 5.73. The first-order valence-electron chi connectivity index (χ1n) is 5.96. The highest BCUT2D eigenvalue weighted by Gasteiger charge is 2.31. The van der Waals surface area contributed by atoms with Crippen molar-refractivity contribution in [3.05, 3.63) is 42.2 Å². The molecule has 0 saturated carbocycles. The summed E-state index contributed by atoms with van der Waals surface area (Å²) in [5.41, 5.74) is 0.432. The largest absolute Gasteiger partial charge is 0.573 e. The molecule has 2 N–H and O–H groups in total. The highest BCUT2D eigenvalue weighted by atomic mass is 19.4. The summed E-state index contributed by atoms with van der Waals surface area (Å²) in [6.45, 7) is 3.13. The Bertz CT molecular complexity index is 503. The van der Waals surface area contributed by atoms with Gasteiger partial charge < -0.3 is 15.4 Å². The molecule has 0 aliphatic rings. The third kappa shape index (κ3) is 7.81. The fourth-order valence-electron chi connectivity index (χ4n) is 1.41. The topological polar surface area (TPSA) is 50.4 Å². The van der Waals surface area contributed by atoms with E-state index in [-0.39, 0.29) is 25.3 Å². The van der Waals surface area contributed by atoms with Crippen molar-refractivity contribution >= 4 is 6.03 Å². The summed E-state index contributed by atoms with van der Waals surface area (Å²) in [5.74, 6) is -0.914. The molecule has 0 radical (unpaired) electrons. The van der Waals surface area contributed by atoms with Crippen LogP contribution in [0.5, 0.6) is 5.75 Å². The van der Waals surface area contributed by atoms with Gasteiger partial charge in [-0.05, 0) is 17.7 Å². The van der Waals surface area contributed by atoms with E-state index in [2.05, 4.69) is 21.9 Å². The van der Waals surface area contributed by atoms with E-state index in [0.717, 1.165) is 12.1 Å². The number of benzene rings is 1. The normalized spacial score (nSPS) is 10.9. The standard InChI is InChI=1S/C13H14F4N2O2/c1-9(14)5-6-18-12(20)19-8-10-3-2-4-11(7-10)21-13(15,16)17/h2-4,7H,1,5-6,8H2,(H2,18,19,20). The maximum Gasteiger partial charge on any atom is 0.573 e. The van der Waals surface area contributed by atoms with Gasteiger partial charge in [-0.25, -0.2) is 9.18 Å². The van der Waals surface area contributed by atoms with Crippen LogP contribution in [0.4, 0.5) is 22.4 Å². The summed E-state index contributed by atoms with van der Waals surface area (Å²) in [7, 11) is 0. The maximum absolute atomic E-state index is 12.3. The molecule has 0 heterocycles. The second kappa shape index (κ2) is 7.51. The van der Waals surface area contributed by atoms with E-state index in [4.69, 9.17) is 0 Å². The summed E-state index contributed by atoms with van der Waals surface area (Å²) in [6.07, 6.45) is -4.76. The molecule has 0 aliphatic heterocycles. The highest BCUT2D eigenvalue weighted by Crippen LogP contribution is 2.23. The number of carbonyl (C=O) groups excluding carboxylic acids is 1. The van der Waals surface area contributed by atoms with Crippen LogP contribution in [0.25, 0.3) is 0 Å². The van der Waals surface area contributed by atoms with E-state index in [1.807, 2.05) is 0 Å². The lowest BCUT2D eigenvalue weighted by Crippen LogP contribution is -2.35. The number of hydrogen-bond donors (Lipinski definition) is 2. The molecule has 1 aromatic rings. The van der Waals surface area contributed by atoms with Crippen LogP contribution >= 0.6 is 0 Å². The minimum atomic E-state index is -4.77. The van der Waals surface area contributed by atoms with Gasteiger partial charge in [0.15, 0.2) is 0 Å². The molecule has 8 heteroatoms. The number of amides is 2. The van der Waals surface area contributed by atoms with Crippen molar-refractivity contribution in [2.75, 3.05) is 6.54 Å². The molecule has 0 unspecified atom stereocenters. The molecule has 21 heavy (non-hydrogen) atoms. The van der Waals surface area contributed by atoms with Crippen LogP contribution in [-0.4, -0.2) is 18.9 Å². The van der Waals surface area contributed by atoms with Crippen molar-refractivity contribution < 1.29 is 27.1 Å². The summed E-state index contributed by atoms with van der Waals surface area (Å²) in [5, 5.41) is 4.80. The Balaban J connectivity index is 2.43. The summed E-state index contributed by atoms with van der Waals surface area (Å²) < 4.78 is 52.2. The average Bonchev–Trinajstić information content (AvgIpc) is 2.34. The molecule has 0 saturated heterocycles. The maximum atomic E-state index is 12.3. The zero-order valence-electron chi connectivity index (χ0n) is 11.0. The third-order valence-electron chi connectivity index (χ3n) is 2.27. The first-order chi connectivity index (χ1) is 9.76. The molecule has 1 rings (SSSR count). The average molecular weight is 306 g/mol. The molecule has 0 spiro atoms. The van der Waals surface area contributed by atoms with Gasteiger partial charge in [-0.1, -0.05) is 18.7 Å². The van der Waals surface area contributed by atoms with Gasteiger partial charge in [0, 0.05) is 19.5 Å². The Morgan fingerprint density at radius 2 is 2.00 bits per heavy atom. The fraction of sp³-hybridized carbons (Fsp3) is 0.308. The van der Waals surface area contributed by atoms with Crippen LogP contribution in [0.1, 0.15) is 12.0 Å². The van der Waals surface area contributed by atoms with E-state index >= 15 is 0 Å². The van der Waals surface area contributed by atoms with Gasteiger partial charge in [-0.15, -0.1) is 13.2 Å². The predicted molar refractivity (Wildman–Crippen MR) is 68.2 cm³/mol. The fourth-order valence-corrected chi connectivity index (χ4v) is 1.41. The summed E-state index contributed by atoms with van der Waals surface area (Å²) in [6, 6.07) is 4.68. The monoisotopic (exact) mass is 306 g/mol. The molecule has 116 valence electrons.